The largest absolute Gasteiger partial charge is 0.379 e. The molecule has 0 bridgehead atoms. The first kappa shape index (κ1) is 20.2. The van der Waals surface area contributed by atoms with E-state index in [0.29, 0.717) is 19.3 Å². The molecule has 2 N–H and O–H groups in total. The number of nitrogens with zero attached hydrogens (tertiary/aromatic N) is 3. The van der Waals surface area contributed by atoms with Gasteiger partial charge >= 0.3 is 0 Å². The van der Waals surface area contributed by atoms with Gasteiger partial charge in [0.05, 0.1) is 24.9 Å². The number of ether oxygens (including phenoxy) is 2. The predicted molar refractivity (Wildman–Crippen MR) is 101 cm³/mol. The Hall–Kier alpha value is -0.870. The lowest BCUT2D eigenvalue weighted by atomic mass is 10.2. The number of hydrogen-bond donors (Lipinski definition) is 2. The van der Waals surface area contributed by atoms with Crippen LogP contribution in [-0.2, 0) is 23.1 Å². The Kier molecular flexibility index (Phi) is 10.2. The molecule has 132 valence electrons. The van der Waals surface area contributed by atoms with Gasteiger partial charge in [0.2, 0.25) is 0 Å². The summed E-state index contributed by atoms with van der Waals surface area (Å²) in [6, 6.07) is 1.99. The standard InChI is InChI=1S/C15H27N5O2.HI/c1-16-15(18-11-13-6-8-19-20(13)2)17-7-4-9-21-12-14-5-3-10-22-14;/h6,8,14H,3-5,7,9-12H2,1-2H3,(H2,16,17,18);1H. The van der Waals surface area contributed by atoms with Gasteiger partial charge in [-0.25, -0.2) is 0 Å². The number of rotatable bonds is 8. The summed E-state index contributed by atoms with van der Waals surface area (Å²) >= 11 is 0. The maximum Gasteiger partial charge on any atom is 0.191 e. The van der Waals surface area contributed by atoms with Crippen molar-refractivity contribution in [2.24, 2.45) is 12.0 Å². The van der Waals surface area contributed by atoms with Crippen LogP contribution in [0.1, 0.15) is 25.0 Å². The fraction of sp³-hybridized carbons (Fsp3) is 0.733. The zero-order valence-electron chi connectivity index (χ0n) is 14.0. The monoisotopic (exact) mass is 437 g/mol. The molecule has 8 heteroatoms. The van der Waals surface area contributed by atoms with Gasteiger partial charge in [-0.1, -0.05) is 0 Å². The number of halogens is 1. The Morgan fingerprint density at radius 3 is 3.04 bits per heavy atom. The molecule has 0 aliphatic carbocycles. The number of guanidine groups is 1. The molecule has 0 aromatic carbocycles. The molecular formula is C15H28IN5O2. The predicted octanol–water partition coefficient (Wildman–Crippen LogP) is 1.29. The highest BCUT2D eigenvalue weighted by Gasteiger charge is 2.14. The maximum absolute atomic E-state index is 5.63. The SMILES string of the molecule is CN=C(NCCCOCC1CCCO1)NCc1ccnn1C.I. The molecule has 0 amide bonds. The highest BCUT2D eigenvalue weighted by molar-refractivity contribution is 14.0. The van der Waals surface area contributed by atoms with Gasteiger partial charge in [-0.05, 0) is 25.3 Å². The number of aliphatic imine (C=N–C) groups is 1. The molecule has 0 radical (unpaired) electrons. The molecule has 1 aliphatic heterocycles. The molecule has 1 atom stereocenters. The van der Waals surface area contributed by atoms with Gasteiger partial charge in [0.25, 0.3) is 0 Å². The molecule has 1 fully saturated rings. The van der Waals surface area contributed by atoms with E-state index in [0.717, 1.165) is 50.7 Å². The van der Waals surface area contributed by atoms with Crippen LogP contribution in [0.3, 0.4) is 0 Å². The lowest BCUT2D eigenvalue weighted by Crippen LogP contribution is -2.38. The molecule has 1 aromatic heterocycles. The van der Waals surface area contributed by atoms with Crippen molar-refractivity contribution in [3.63, 3.8) is 0 Å². The van der Waals surface area contributed by atoms with E-state index in [1.807, 2.05) is 17.8 Å². The second-order valence-corrected chi connectivity index (χ2v) is 5.36. The Morgan fingerprint density at radius 2 is 2.39 bits per heavy atom. The summed E-state index contributed by atoms with van der Waals surface area (Å²) in [7, 11) is 3.70. The van der Waals surface area contributed by atoms with E-state index in [4.69, 9.17) is 9.47 Å². The fourth-order valence-electron chi connectivity index (χ4n) is 2.34. The van der Waals surface area contributed by atoms with Crippen LogP contribution >= 0.6 is 24.0 Å². The van der Waals surface area contributed by atoms with Gasteiger partial charge in [0, 0.05) is 40.1 Å². The normalized spacial score (nSPS) is 17.8. The number of hydrogen-bond acceptors (Lipinski definition) is 4. The minimum Gasteiger partial charge on any atom is -0.379 e. The van der Waals surface area contributed by atoms with Crippen LogP contribution in [0, 0.1) is 0 Å². The van der Waals surface area contributed by atoms with Crippen LogP contribution in [-0.4, -0.2) is 55.3 Å². The summed E-state index contributed by atoms with van der Waals surface area (Å²) in [4.78, 5) is 4.20. The zero-order chi connectivity index (χ0) is 15.6. The van der Waals surface area contributed by atoms with Crippen LogP contribution in [0.2, 0.25) is 0 Å². The second-order valence-electron chi connectivity index (χ2n) is 5.36. The molecule has 1 aliphatic rings. The van der Waals surface area contributed by atoms with Gasteiger partial charge in [-0.15, -0.1) is 24.0 Å². The lowest BCUT2D eigenvalue weighted by Gasteiger charge is -2.13. The minimum atomic E-state index is 0. The summed E-state index contributed by atoms with van der Waals surface area (Å²) < 4.78 is 13.0. The van der Waals surface area contributed by atoms with E-state index >= 15 is 0 Å². The summed E-state index contributed by atoms with van der Waals surface area (Å²) in [5.41, 5.74) is 1.11. The third kappa shape index (κ3) is 7.49. The average Bonchev–Trinajstić information content (AvgIpc) is 3.17. The first-order chi connectivity index (χ1) is 10.8. The molecule has 1 saturated heterocycles. The molecule has 1 unspecified atom stereocenters. The summed E-state index contributed by atoms with van der Waals surface area (Å²) in [6.07, 6.45) is 5.33. The average molecular weight is 437 g/mol. The number of aryl methyl sites for hydroxylation is 1. The van der Waals surface area contributed by atoms with Gasteiger partial charge in [-0.2, -0.15) is 5.10 Å². The number of aromatic nitrogens is 2. The van der Waals surface area contributed by atoms with E-state index in [1.165, 1.54) is 0 Å². The van der Waals surface area contributed by atoms with Crippen molar-refractivity contribution in [2.45, 2.75) is 31.9 Å². The summed E-state index contributed by atoms with van der Waals surface area (Å²) in [6.45, 7) is 3.87. The van der Waals surface area contributed by atoms with Crippen LogP contribution in [0.4, 0.5) is 0 Å². The number of nitrogens with one attached hydrogen (secondary N) is 2. The Balaban J connectivity index is 0.00000264. The van der Waals surface area contributed by atoms with Crippen LogP contribution in [0.25, 0.3) is 0 Å². The fourth-order valence-corrected chi connectivity index (χ4v) is 2.34. The van der Waals surface area contributed by atoms with E-state index in [-0.39, 0.29) is 24.0 Å². The van der Waals surface area contributed by atoms with Gasteiger partial charge in [0.15, 0.2) is 5.96 Å². The van der Waals surface area contributed by atoms with E-state index in [9.17, 15) is 0 Å². The molecule has 0 spiro atoms. The first-order valence-corrected chi connectivity index (χ1v) is 7.90. The Morgan fingerprint density at radius 1 is 1.52 bits per heavy atom. The van der Waals surface area contributed by atoms with Crippen molar-refractivity contribution in [3.8, 4) is 0 Å². The highest BCUT2D eigenvalue weighted by Crippen LogP contribution is 2.11. The van der Waals surface area contributed by atoms with Crippen molar-refractivity contribution >= 4 is 29.9 Å². The molecule has 7 nitrogen and oxygen atoms in total. The van der Waals surface area contributed by atoms with Crippen molar-refractivity contribution < 1.29 is 9.47 Å². The molecule has 1 aromatic rings. The van der Waals surface area contributed by atoms with Crippen molar-refractivity contribution in [1.29, 1.82) is 0 Å². The molecule has 2 heterocycles. The van der Waals surface area contributed by atoms with Crippen LogP contribution in [0.15, 0.2) is 17.3 Å². The van der Waals surface area contributed by atoms with Crippen molar-refractivity contribution in [1.82, 2.24) is 20.4 Å². The minimum absolute atomic E-state index is 0. The second kappa shape index (κ2) is 11.6. The zero-order valence-corrected chi connectivity index (χ0v) is 16.3. The van der Waals surface area contributed by atoms with Crippen LogP contribution < -0.4 is 10.6 Å². The third-order valence-corrected chi connectivity index (χ3v) is 3.67. The molecule has 0 saturated carbocycles. The topological polar surface area (TPSA) is 72.7 Å². The van der Waals surface area contributed by atoms with Crippen molar-refractivity contribution in [2.75, 3.05) is 33.4 Å². The van der Waals surface area contributed by atoms with Crippen LogP contribution in [0.5, 0.6) is 0 Å². The van der Waals surface area contributed by atoms with Gasteiger partial charge in [0.1, 0.15) is 0 Å². The molecular weight excluding hydrogens is 409 g/mol. The Labute approximate surface area is 155 Å². The molecule has 23 heavy (non-hydrogen) atoms. The maximum atomic E-state index is 5.63. The van der Waals surface area contributed by atoms with Gasteiger partial charge in [-0.3, -0.25) is 9.67 Å². The van der Waals surface area contributed by atoms with E-state index < -0.39 is 0 Å². The third-order valence-electron chi connectivity index (χ3n) is 3.67. The first-order valence-electron chi connectivity index (χ1n) is 7.90. The smallest absolute Gasteiger partial charge is 0.191 e. The summed E-state index contributed by atoms with van der Waals surface area (Å²) in [5, 5.41) is 10.7. The van der Waals surface area contributed by atoms with Crippen molar-refractivity contribution in [3.05, 3.63) is 18.0 Å². The van der Waals surface area contributed by atoms with E-state index in [2.05, 4.69) is 20.7 Å². The summed E-state index contributed by atoms with van der Waals surface area (Å²) in [5.74, 6) is 0.792. The highest BCUT2D eigenvalue weighted by atomic mass is 127. The molecule has 2 rings (SSSR count). The quantitative estimate of drug-likeness (QED) is 0.278. The van der Waals surface area contributed by atoms with E-state index in [1.54, 1.807) is 13.2 Å². The lowest BCUT2D eigenvalue weighted by molar-refractivity contribution is 0.0168. The Bertz CT molecular complexity index is 460. The van der Waals surface area contributed by atoms with Gasteiger partial charge < -0.3 is 20.1 Å².